The van der Waals surface area contributed by atoms with Crippen molar-refractivity contribution < 1.29 is 63.1 Å². The second-order valence-electron chi connectivity index (χ2n) is 0.513. The zero-order chi connectivity index (χ0) is 4.50. The quantitative estimate of drug-likeness (QED) is 0.288. The average molecular weight is 290 g/mol. The van der Waals surface area contributed by atoms with E-state index in [0.29, 0.717) is 0 Å². The SMILES string of the molecule is O.O.O.O.O.O.O.O.O=P(O)(O)O.[NaH].[NaH]. The van der Waals surface area contributed by atoms with Crippen molar-refractivity contribution in [1.82, 2.24) is 0 Å². The molecule has 0 aliphatic carbocycles. The molecular formula is H21Na2O12P. The third-order valence-corrected chi connectivity index (χ3v) is 0. The average Bonchev–Trinajstić information content (AvgIpc) is 0.722. The molecule has 0 aliphatic heterocycles. The van der Waals surface area contributed by atoms with Gasteiger partial charge in [0.25, 0.3) is 0 Å². The molecule has 0 aliphatic rings. The van der Waals surface area contributed by atoms with Gasteiger partial charge in [0, 0.05) is 0 Å². The van der Waals surface area contributed by atoms with Crippen LogP contribution in [-0.4, -0.2) is 118 Å². The third-order valence-electron chi connectivity index (χ3n) is 0. The Kier molecular flexibility index (Phi) is 474. The van der Waals surface area contributed by atoms with Gasteiger partial charge in [-0.2, -0.15) is 0 Å². The van der Waals surface area contributed by atoms with Gasteiger partial charge in [-0.25, -0.2) is 4.57 Å². The minimum atomic E-state index is -4.64. The summed E-state index contributed by atoms with van der Waals surface area (Å²) in [6.45, 7) is 0. The van der Waals surface area contributed by atoms with Crippen molar-refractivity contribution in [2.45, 2.75) is 0 Å². The number of hydrogen-bond acceptors (Lipinski definition) is 1. The van der Waals surface area contributed by atoms with E-state index in [1.54, 1.807) is 0 Å². The van der Waals surface area contributed by atoms with Crippen molar-refractivity contribution in [3.8, 4) is 0 Å². The third kappa shape index (κ3) is 937. The molecule has 0 heterocycles. The Balaban J connectivity index is -0.00000000178. The minimum absolute atomic E-state index is 0. The monoisotopic (exact) mass is 290 g/mol. The van der Waals surface area contributed by atoms with Crippen LogP contribution in [0.5, 0.6) is 0 Å². The Morgan fingerprint density at radius 1 is 0.533 bits per heavy atom. The first-order valence-corrected chi connectivity index (χ1v) is 2.35. The molecule has 0 fully saturated rings. The summed E-state index contributed by atoms with van der Waals surface area (Å²) in [4.78, 5) is 21.6. The Bertz CT molecular complexity index is 59.8. The van der Waals surface area contributed by atoms with Crippen LogP contribution in [0.2, 0.25) is 0 Å². The molecule has 0 radical (unpaired) electrons. The molecule has 0 aromatic carbocycles. The van der Waals surface area contributed by atoms with Crippen LogP contribution in [0, 0.1) is 0 Å². The van der Waals surface area contributed by atoms with Crippen LogP contribution in [0.25, 0.3) is 0 Å². The summed E-state index contributed by atoms with van der Waals surface area (Å²) in [7, 11) is -4.64. The van der Waals surface area contributed by atoms with Gasteiger partial charge < -0.3 is 58.5 Å². The summed E-state index contributed by atoms with van der Waals surface area (Å²) in [6, 6.07) is 0. The van der Waals surface area contributed by atoms with Gasteiger partial charge in [-0.15, -0.1) is 0 Å². The van der Waals surface area contributed by atoms with Crippen molar-refractivity contribution in [2.75, 3.05) is 0 Å². The van der Waals surface area contributed by atoms with Crippen LogP contribution in [0.1, 0.15) is 0 Å². The van der Waals surface area contributed by atoms with Gasteiger partial charge in [-0.3, -0.25) is 0 Å². The molecule has 15 heteroatoms. The van der Waals surface area contributed by atoms with Gasteiger partial charge in [-0.05, 0) is 0 Å². The summed E-state index contributed by atoms with van der Waals surface area (Å²) in [6.07, 6.45) is 0. The van der Waals surface area contributed by atoms with Gasteiger partial charge in [0.05, 0.1) is 0 Å². The van der Waals surface area contributed by atoms with E-state index in [0.717, 1.165) is 0 Å². The second-order valence-corrected chi connectivity index (χ2v) is 1.54. The van der Waals surface area contributed by atoms with E-state index in [2.05, 4.69) is 0 Å². The van der Waals surface area contributed by atoms with Crippen LogP contribution >= 0.6 is 7.82 Å². The summed E-state index contributed by atoms with van der Waals surface area (Å²) in [5, 5.41) is 0. The van der Waals surface area contributed by atoms with Crippen molar-refractivity contribution >= 4 is 66.9 Å². The molecule has 19 N–H and O–H groups in total. The van der Waals surface area contributed by atoms with Crippen LogP contribution in [-0.2, 0) is 4.57 Å². The van der Waals surface area contributed by atoms with E-state index in [9.17, 15) is 0 Å². The fraction of sp³-hybridized carbons (Fsp3) is 0. The maximum absolute atomic E-state index is 8.88. The topological polar surface area (TPSA) is 330 Å². The van der Waals surface area contributed by atoms with Gasteiger partial charge in [0.2, 0.25) is 0 Å². The molecule has 0 bridgehead atoms. The molecule has 100 valence electrons. The molecule has 0 amide bonds. The van der Waals surface area contributed by atoms with Crippen LogP contribution in [0.15, 0.2) is 0 Å². The summed E-state index contributed by atoms with van der Waals surface area (Å²) in [5.74, 6) is 0. The van der Waals surface area contributed by atoms with E-state index < -0.39 is 7.82 Å². The number of rotatable bonds is 0. The molecular weight excluding hydrogens is 269 g/mol. The normalized spacial score (nSPS) is 3.93. The van der Waals surface area contributed by atoms with Crippen molar-refractivity contribution in [3.63, 3.8) is 0 Å². The second kappa shape index (κ2) is 56.9. The molecule has 0 unspecified atom stereocenters. The molecule has 0 aromatic heterocycles. The summed E-state index contributed by atoms with van der Waals surface area (Å²) >= 11 is 0. The van der Waals surface area contributed by atoms with Gasteiger partial charge >= 0.3 is 66.9 Å². The molecule has 0 atom stereocenters. The molecule has 0 spiro atoms. The fourth-order valence-electron chi connectivity index (χ4n) is 0. The van der Waals surface area contributed by atoms with Crippen molar-refractivity contribution in [1.29, 1.82) is 0 Å². The Labute approximate surface area is 129 Å². The molecule has 0 saturated heterocycles. The van der Waals surface area contributed by atoms with Gasteiger partial charge in [0.1, 0.15) is 0 Å². The molecule has 15 heavy (non-hydrogen) atoms. The van der Waals surface area contributed by atoms with Crippen molar-refractivity contribution in [3.05, 3.63) is 0 Å². The predicted octanol–water partition coefficient (Wildman–Crippen LogP) is -8.82. The van der Waals surface area contributed by atoms with Gasteiger partial charge in [0.15, 0.2) is 0 Å². The van der Waals surface area contributed by atoms with Crippen LogP contribution in [0.4, 0.5) is 0 Å². The van der Waals surface area contributed by atoms with Crippen LogP contribution < -0.4 is 0 Å². The molecule has 12 nitrogen and oxygen atoms in total. The predicted molar refractivity (Wildman–Crippen MR) is 57.5 cm³/mol. The van der Waals surface area contributed by atoms with E-state index >= 15 is 0 Å². The Hall–Kier alpha value is 1.79. The van der Waals surface area contributed by atoms with Crippen molar-refractivity contribution in [2.24, 2.45) is 0 Å². The van der Waals surface area contributed by atoms with E-state index in [1.807, 2.05) is 0 Å². The first-order valence-electron chi connectivity index (χ1n) is 0.783. The van der Waals surface area contributed by atoms with E-state index in [4.69, 9.17) is 19.2 Å². The fourth-order valence-corrected chi connectivity index (χ4v) is 0. The Morgan fingerprint density at radius 3 is 0.533 bits per heavy atom. The van der Waals surface area contributed by atoms with Gasteiger partial charge in [-0.1, -0.05) is 0 Å². The molecule has 0 aromatic rings. The van der Waals surface area contributed by atoms with E-state index in [1.165, 1.54) is 0 Å². The summed E-state index contributed by atoms with van der Waals surface area (Å²) < 4.78 is 8.88. The number of hydrogen-bond donors (Lipinski definition) is 3. The maximum atomic E-state index is 8.88. The first kappa shape index (κ1) is 125. The van der Waals surface area contributed by atoms with E-state index in [-0.39, 0.29) is 103 Å². The molecule has 0 saturated carbocycles. The Morgan fingerprint density at radius 2 is 0.533 bits per heavy atom. The zero-order valence-electron chi connectivity index (χ0n) is 6.20. The number of phosphoric acid groups is 1. The summed E-state index contributed by atoms with van der Waals surface area (Å²) in [5.41, 5.74) is 0. The standard InChI is InChI=1S/2Na.H3O4P.8H2O.2H/c;;1-5(2,3)4;;;;;;;;;;/h;;(H3,1,2,3,4);8*1H2;;. The first-order chi connectivity index (χ1) is 2.00. The van der Waals surface area contributed by atoms with Crippen LogP contribution in [0.3, 0.4) is 0 Å². The zero-order valence-corrected chi connectivity index (χ0v) is 7.09. The molecule has 0 rings (SSSR count).